The molecule has 1 N–H and O–H groups in total. The van der Waals surface area contributed by atoms with Crippen LogP contribution >= 0.6 is 27.5 Å². The lowest BCUT2D eigenvalue weighted by Gasteiger charge is -2.29. The van der Waals surface area contributed by atoms with E-state index in [4.69, 9.17) is 11.6 Å². The summed E-state index contributed by atoms with van der Waals surface area (Å²) in [4.78, 5) is 0. The summed E-state index contributed by atoms with van der Waals surface area (Å²) in [6.45, 7) is 1.81. The minimum atomic E-state index is -1.09. The fraction of sp³-hybridized carbons (Fsp3) is 0.333. The van der Waals surface area contributed by atoms with Gasteiger partial charge in [0, 0.05) is 15.1 Å². The number of benzene rings is 2. The van der Waals surface area contributed by atoms with Gasteiger partial charge in [0.25, 0.3) is 0 Å². The van der Waals surface area contributed by atoms with Crippen LogP contribution in [0.4, 0.5) is 0 Å². The molecule has 0 saturated heterocycles. The summed E-state index contributed by atoms with van der Waals surface area (Å²) < 4.78 is 0.912. The summed E-state index contributed by atoms with van der Waals surface area (Å²) in [5.74, 6) is 0.654. The van der Waals surface area contributed by atoms with Gasteiger partial charge < -0.3 is 5.11 Å². The van der Waals surface area contributed by atoms with Crippen molar-refractivity contribution in [2.75, 3.05) is 0 Å². The van der Waals surface area contributed by atoms with Gasteiger partial charge in [-0.15, -0.1) is 0 Å². The van der Waals surface area contributed by atoms with E-state index in [0.29, 0.717) is 10.9 Å². The highest BCUT2D eigenvalue weighted by molar-refractivity contribution is 9.10. The molecule has 1 unspecified atom stereocenters. The molecule has 0 aliphatic heterocycles. The lowest BCUT2D eigenvalue weighted by Crippen LogP contribution is -2.24. The van der Waals surface area contributed by atoms with Crippen molar-refractivity contribution in [3.05, 3.63) is 68.7 Å². The van der Waals surface area contributed by atoms with E-state index in [1.807, 2.05) is 37.3 Å². The lowest BCUT2D eigenvalue weighted by atomic mass is 9.78. The fourth-order valence-electron chi connectivity index (χ4n) is 2.88. The standard InChI is InChI=1S/C18H18BrClO/c1-18(21,16-9-8-15(19)11-17(16)20)14-7-3-6-13(10-14)12-4-2-5-12/h3,6-12,21H,2,4-5H2,1H3. The molecule has 2 aromatic rings. The largest absolute Gasteiger partial charge is 0.381 e. The molecule has 0 aromatic heterocycles. The minimum absolute atomic E-state index is 0.573. The third-order valence-corrected chi connectivity index (χ3v) is 5.29. The summed E-state index contributed by atoms with van der Waals surface area (Å²) in [7, 11) is 0. The molecule has 0 heterocycles. The van der Waals surface area contributed by atoms with Gasteiger partial charge in [-0.25, -0.2) is 0 Å². The highest BCUT2D eigenvalue weighted by Gasteiger charge is 2.29. The number of rotatable bonds is 3. The summed E-state index contributed by atoms with van der Waals surface area (Å²) in [5.41, 5.74) is 1.87. The molecule has 0 bridgehead atoms. The fourth-order valence-corrected chi connectivity index (χ4v) is 3.73. The summed E-state index contributed by atoms with van der Waals surface area (Å²) in [5, 5.41) is 11.6. The first kappa shape index (κ1) is 15.1. The topological polar surface area (TPSA) is 20.2 Å². The van der Waals surface area contributed by atoms with Crippen LogP contribution in [-0.4, -0.2) is 5.11 Å². The van der Waals surface area contributed by atoms with Crippen molar-refractivity contribution in [2.45, 2.75) is 37.7 Å². The van der Waals surface area contributed by atoms with Crippen LogP contribution in [0.25, 0.3) is 0 Å². The maximum absolute atomic E-state index is 11.0. The van der Waals surface area contributed by atoms with Gasteiger partial charge in [0.1, 0.15) is 5.60 Å². The van der Waals surface area contributed by atoms with Crippen molar-refractivity contribution in [2.24, 2.45) is 0 Å². The predicted octanol–water partition coefficient (Wildman–Crippen LogP) is 5.63. The number of hydrogen-bond acceptors (Lipinski definition) is 1. The summed E-state index contributed by atoms with van der Waals surface area (Å²) in [6, 6.07) is 13.9. The Morgan fingerprint density at radius 2 is 1.95 bits per heavy atom. The Balaban J connectivity index is 2.00. The molecule has 1 nitrogen and oxygen atoms in total. The quantitative estimate of drug-likeness (QED) is 0.748. The third-order valence-electron chi connectivity index (χ3n) is 4.48. The zero-order valence-electron chi connectivity index (χ0n) is 11.9. The monoisotopic (exact) mass is 364 g/mol. The molecule has 3 heteroatoms. The van der Waals surface area contributed by atoms with Crippen molar-refractivity contribution >= 4 is 27.5 Å². The molecule has 1 fully saturated rings. The van der Waals surface area contributed by atoms with Gasteiger partial charge in [0.15, 0.2) is 0 Å². The zero-order valence-corrected chi connectivity index (χ0v) is 14.3. The van der Waals surface area contributed by atoms with Gasteiger partial charge in [-0.2, -0.15) is 0 Å². The second kappa shape index (κ2) is 5.75. The Kier molecular flexibility index (Phi) is 4.13. The van der Waals surface area contributed by atoms with Crippen molar-refractivity contribution in [3.8, 4) is 0 Å². The van der Waals surface area contributed by atoms with Crippen molar-refractivity contribution in [1.29, 1.82) is 0 Å². The second-order valence-corrected chi connectivity index (χ2v) is 7.27. The summed E-state index contributed by atoms with van der Waals surface area (Å²) >= 11 is 9.72. The van der Waals surface area contributed by atoms with Crippen molar-refractivity contribution in [1.82, 2.24) is 0 Å². The maximum Gasteiger partial charge on any atom is 0.113 e. The van der Waals surface area contributed by atoms with E-state index in [0.717, 1.165) is 15.6 Å². The average molecular weight is 366 g/mol. The molecule has 1 saturated carbocycles. The van der Waals surface area contributed by atoms with Crippen LogP contribution in [0.1, 0.15) is 48.8 Å². The molecule has 110 valence electrons. The van der Waals surface area contributed by atoms with Crippen LogP contribution in [0.15, 0.2) is 46.9 Å². The SMILES string of the molecule is CC(O)(c1cccc(C2CCC2)c1)c1ccc(Br)cc1Cl. The minimum Gasteiger partial charge on any atom is -0.381 e. The molecule has 21 heavy (non-hydrogen) atoms. The normalized spacial score (nSPS) is 18.1. The summed E-state index contributed by atoms with van der Waals surface area (Å²) in [6.07, 6.45) is 3.82. The number of hydrogen-bond donors (Lipinski definition) is 1. The smallest absolute Gasteiger partial charge is 0.113 e. The average Bonchev–Trinajstić information content (AvgIpc) is 2.36. The van der Waals surface area contributed by atoms with Crippen LogP contribution < -0.4 is 0 Å². The van der Waals surface area contributed by atoms with Crippen LogP contribution in [0.3, 0.4) is 0 Å². The van der Waals surface area contributed by atoms with Crippen LogP contribution in [0.5, 0.6) is 0 Å². The van der Waals surface area contributed by atoms with Crippen molar-refractivity contribution in [3.63, 3.8) is 0 Å². The van der Waals surface area contributed by atoms with Crippen molar-refractivity contribution < 1.29 is 5.11 Å². The Morgan fingerprint density at radius 3 is 2.57 bits per heavy atom. The Labute approximate surface area is 139 Å². The van der Waals surface area contributed by atoms with E-state index in [2.05, 4.69) is 28.1 Å². The Morgan fingerprint density at radius 1 is 1.19 bits per heavy atom. The number of halogens is 2. The van der Waals surface area contributed by atoms with Gasteiger partial charge in [0.05, 0.1) is 0 Å². The Bertz CT molecular complexity index is 662. The van der Waals surface area contributed by atoms with Gasteiger partial charge in [-0.05, 0) is 48.9 Å². The molecule has 1 aliphatic carbocycles. The molecule has 0 amide bonds. The predicted molar refractivity (Wildman–Crippen MR) is 90.9 cm³/mol. The van der Waals surface area contributed by atoms with E-state index in [9.17, 15) is 5.11 Å². The highest BCUT2D eigenvalue weighted by atomic mass is 79.9. The first-order chi connectivity index (χ1) is 9.98. The molecule has 1 aliphatic rings. The molecule has 1 atom stereocenters. The van der Waals surface area contributed by atoms with Gasteiger partial charge in [0.2, 0.25) is 0 Å². The van der Waals surface area contributed by atoms with E-state index in [1.54, 1.807) is 0 Å². The van der Waals surface area contributed by atoms with Gasteiger partial charge in [-0.3, -0.25) is 0 Å². The van der Waals surface area contributed by atoms with Crippen LogP contribution in [0.2, 0.25) is 5.02 Å². The first-order valence-corrected chi connectivity index (χ1v) is 8.44. The third kappa shape index (κ3) is 2.90. The van der Waals surface area contributed by atoms with E-state index in [-0.39, 0.29) is 0 Å². The molecular weight excluding hydrogens is 348 g/mol. The lowest BCUT2D eigenvalue weighted by molar-refractivity contribution is 0.102. The molecular formula is C18H18BrClO. The van der Waals surface area contributed by atoms with Gasteiger partial charge in [-0.1, -0.05) is 64.3 Å². The number of aliphatic hydroxyl groups is 1. The van der Waals surface area contributed by atoms with Gasteiger partial charge >= 0.3 is 0 Å². The molecule has 0 radical (unpaired) electrons. The van der Waals surface area contributed by atoms with E-state index >= 15 is 0 Å². The van der Waals surface area contributed by atoms with E-state index in [1.165, 1.54) is 24.8 Å². The second-order valence-electron chi connectivity index (χ2n) is 5.95. The molecule has 3 rings (SSSR count). The first-order valence-electron chi connectivity index (χ1n) is 7.27. The molecule has 2 aromatic carbocycles. The zero-order chi connectivity index (χ0) is 15.0. The Hall–Kier alpha value is -0.830. The van der Waals surface area contributed by atoms with E-state index < -0.39 is 5.60 Å². The van der Waals surface area contributed by atoms with Crippen LogP contribution in [0, 0.1) is 0 Å². The van der Waals surface area contributed by atoms with Crippen LogP contribution in [-0.2, 0) is 5.60 Å². The highest BCUT2D eigenvalue weighted by Crippen LogP contribution is 2.40. The maximum atomic E-state index is 11.0. The molecule has 0 spiro atoms.